The summed E-state index contributed by atoms with van der Waals surface area (Å²) < 4.78 is 31.3. The fraction of sp³-hybridized carbons (Fsp3) is 0.0667. The van der Waals surface area contributed by atoms with Crippen molar-refractivity contribution in [3.8, 4) is 28.3 Å². The standard InChI is InChI=1S/C30H24N4O2S/c1-21-12-16-23(17-13-21)29-26(20-33(32-29)24-8-4-3-5-9-24)30-31-27-10-6-7-11-28(27)34(30)37(35,36)25-18-14-22(2)15-19-25/h3-20H,1-2H3. The molecule has 0 bridgehead atoms. The molecule has 0 aliphatic carbocycles. The highest BCUT2D eigenvalue weighted by molar-refractivity contribution is 7.90. The fourth-order valence-corrected chi connectivity index (χ4v) is 5.88. The summed E-state index contributed by atoms with van der Waals surface area (Å²) in [6, 6.07) is 32.0. The van der Waals surface area contributed by atoms with Gasteiger partial charge in [-0.3, -0.25) is 0 Å². The van der Waals surface area contributed by atoms with E-state index in [2.05, 4.69) is 0 Å². The first kappa shape index (κ1) is 22.9. The van der Waals surface area contributed by atoms with Crippen LogP contribution in [-0.4, -0.2) is 27.2 Å². The predicted molar refractivity (Wildman–Crippen MR) is 146 cm³/mol. The van der Waals surface area contributed by atoms with E-state index in [0.29, 0.717) is 28.1 Å². The average molecular weight is 505 g/mol. The Morgan fingerprint density at radius 3 is 2.03 bits per heavy atom. The van der Waals surface area contributed by atoms with Gasteiger partial charge in [0.2, 0.25) is 0 Å². The summed E-state index contributed by atoms with van der Waals surface area (Å²) in [5.74, 6) is 0.319. The molecule has 0 atom stereocenters. The molecule has 2 heterocycles. The minimum atomic E-state index is -3.96. The van der Waals surface area contributed by atoms with Gasteiger partial charge in [0, 0.05) is 11.8 Å². The van der Waals surface area contributed by atoms with Crippen LogP contribution < -0.4 is 0 Å². The molecule has 0 N–H and O–H groups in total. The summed E-state index contributed by atoms with van der Waals surface area (Å²) in [6.45, 7) is 3.96. The molecule has 0 unspecified atom stereocenters. The van der Waals surface area contributed by atoms with Crippen LogP contribution in [0, 0.1) is 13.8 Å². The molecule has 0 fully saturated rings. The lowest BCUT2D eigenvalue weighted by atomic mass is 10.1. The van der Waals surface area contributed by atoms with Gasteiger partial charge in [0.1, 0.15) is 5.69 Å². The van der Waals surface area contributed by atoms with E-state index in [1.807, 2.05) is 92.8 Å². The van der Waals surface area contributed by atoms with Gasteiger partial charge in [-0.2, -0.15) is 5.10 Å². The zero-order valence-electron chi connectivity index (χ0n) is 20.4. The number of aromatic nitrogens is 4. The minimum Gasteiger partial charge on any atom is -0.240 e. The Labute approximate surface area is 215 Å². The van der Waals surface area contributed by atoms with Crippen LogP contribution in [0.2, 0.25) is 0 Å². The zero-order valence-corrected chi connectivity index (χ0v) is 21.2. The maximum atomic E-state index is 14.1. The molecule has 37 heavy (non-hydrogen) atoms. The second-order valence-corrected chi connectivity index (χ2v) is 10.8. The normalized spacial score (nSPS) is 11.7. The van der Waals surface area contributed by atoms with Crippen LogP contribution in [0.1, 0.15) is 11.1 Å². The topological polar surface area (TPSA) is 69.8 Å². The van der Waals surface area contributed by atoms with Crippen molar-refractivity contribution in [1.82, 2.24) is 18.7 Å². The summed E-state index contributed by atoms with van der Waals surface area (Å²) in [4.78, 5) is 5.04. The number of para-hydroxylation sites is 3. The maximum absolute atomic E-state index is 14.1. The molecule has 6 nitrogen and oxygen atoms in total. The highest BCUT2D eigenvalue weighted by Crippen LogP contribution is 2.36. The molecule has 0 saturated carbocycles. The van der Waals surface area contributed by atoms with Gasteiger partial charge in [-0.05, 0) is 50.2 Å². The van der Waals surface area contributed by atoms with Crippen LogP contribution in [0.4, 0.5) is 0 Å². The van der Waals surface area contributed by atoms with Crippen molar-refractivity contribution in [2.45, 2.75) is 18.7 Å². The van der Waals surface area contributed by atoms with Crippen molar-refractivity contribution < 1.29 is 8.42 Å². The molecule has 6 rings (SSSR count). The molecule has 0 amide bonds. The van der Waals surface area contributed by atoms with Crippen LogP contribution in [0.15, 0.2) is 114 Å². The van der Waals surface area contributed by atoms with Crippen molar-refractivity contribution in [3.05, 3.63) is 120 Å². The van der Waals surface area contributed by atoms with Gasteiger partial charge in [-0.1, -0.05) is 77.9 Å². The molecular formula is C30H24N4O2S. The summed E-state index contributed by atoms with van der Waals surface area (Å²) >= 11 is 0. The van der Waals surface area contributed by atoms with Gasteiger partial charge in [0.05, 0.1) is 27.2 Å². The number of hydrogen-bond donors (Lipinski definition) is 0. The Bertz CT molecular complexity index is 1830. The van der Waals surface area contributed by atoms with E-state index in [1.165, 1.54) is 3.97 Å². The Kier molecular flexibility index (Phi) is 5.50. The van der Waals surface area contributed by atoms with E-state index in [9.17, 15) is 8.42 Å². The quantitative estimate of drug-likeness (QED) is 0.272. The van der Waals surface area contributed by atoms with Crippen molar-refractivity contribution in [3.63, 3.8) is 0 Å². The van der Waals surface area contributed by atoms with Gasteiger partial charge in [-0.25, -0.2) is 22.1 Å². The lowest BCUT2D eigenvalue weighted by molar-refractivity contribution is 0.589. The third kappa shape index (κ3) is 4.03. The van der Waals surface area contributed by atoms with E-state index in [1.54, 1.807) is 35.0 Å². The molecule has 2 aromatic heterocycles. The SMILES string of the molecule is Cc1ccc(-c2nn(-c3ccccc3)cc2-c2nc3ccccc3n2S(=O)(=O)c2ccc(C)cc2)cc1. The van der Waals surface area contributed by atoms with Crippen LogP contribution in [0.25, 0.3) is 39.4 Å². The number of aryl methyl sites for hydroxylation is 2. The molecule has 0 aliphatic rings. The summed E-state index contributed by atoms with van der Waals surface area (Å²) in [5, 5.41) is 4.90. The maximum Gasteiger partial charge on any atom is 0.269 e. The van der Waals surface area contributed by atoms with E-state index < -0.39 is 10.0 Å². The second-order valence-electron chi connectivity index (χ2n) is 9.04. The number of benzene rings is 4. The third-order valence-corrected chi connectivity index (χ3v) is 8.10. The molecule has 182 valence electrons. The van der Waals surface area contributed by atoms with Gasteiger partial charge in [0.15, 0.2) is 5.82 Å². The number of imidazole rings is 1. The molecule has 0 aliphatic heterocycles. The van der Waals surface area contributed by atoms with E-state index in [4.69, 9.17) is 10.1 Å². The Morgan fingerprint density at radius 1 is 0.703 bits per heavy atom. The Hall–Kier alpha value is -4.49. The number of rotatable bonds is 5. The lowest BCUT2D eigenvalue weighted by Crippen LogP contribution is -2.14. The van der Waals surface area contributed by atoms with E-state index >= 15 is 0 Å². The zero-order chi connectivity index (χ0) is 25.6. The summed E-state index contributed by atoms with van der Waals surface area (Å²) in [7, 11) is -3.96. The van der Waals surface area contributed by atoms with Gasteiger partial charge in [-0.15, -0.1) is 0 Å². The largest absolute Gasteiger partial charge is 0.269 e. The monoisotopic (exact) mass is 504 g/mol. The van der Waals surface area contributed by atoms with Gasteiger partial charge < -0.3 is 0 Å². The predicted octanol–water partition coefficient (Wildman–Crippen LogP) is 6.41. The third-order valence-electron chi connectivity index (χ3n) is 6.38. The average Bonchev–Trinajstić information content (AvgIpc) is 3.52. The fourth-order valence-electron chi connectivity index (χ4n) is 4.41. The smallest absolute Gasteiger partial charge is 0.240 e. The van der Waals surface area contributed by atoms with Crippen molar-refractivity contribution in [2.24, 2.45) is 0 Å². The van der Waals surface area contributed by atoms with Crippen molar-refractivity contribution >= 4 is 21.1 Å². The number of fused-ring (bicyclic) bond motifs is 1. The summed E-state index contributed by atoms with van der Waals surface area (Å²) in [5.41, 5.74) is 6.24. The Balaban J connectivity index is 1.66. The number of nitrogens with zero attached hydrogens (tertiary/aromatic N) is 4. The lowest BCUT2D eigenvalue weighted by Gasteiger charge is -2.11. The highest BCUT2D eigenvalue weighted by Gasteiger charge is 2.28. The van der Waals surface area contributed by atoms with E-state index in [-0.39, 0.29) is 4.90 Å². The van der Waals surface area contributed by atoms with Crippen LogP contribution in [0.5, 0.6) is 0 Å². The van der Waals surface area contributed by atoms with Crippen molar-refractivity contribution in [1.29, 1.82) is 0 Å². The van der Waals surface area contributed by atoms with Crippen LogP contribution in [0.3, 0.4) is 0 Å². The molecule has 0 radical (unpaired) electrons. The second kappa shape index (κ2) is 8.87. The van der Waals surface area contributed by atoms with Crippen molar-refractivity contribution in [2.75, 3.05) is 0 Å². The molecule has 4 aromatic carbocycles. The van der Waals surface area contributed by atoms with Gasteiger partial charge in [0.25, 0.3) is 10.0 Å². The molecular weight excluding hydrogens is 480 g/mol. The first-order chi connectivity index (χ1) is 17.9. The Morgan fingerprint density at radius 2 is 1.32 bits per heavy atom. The van der Waals surface area contributed by atoms with E-state index in [0.717, 1.165) is 22.4 Å². The molecule has 7 heteroatoms. The first-order valence-corrected chi connectivity index (χ1v) is 13.4. The molecule has 0 saturated heterocycles. The minimum absolute atomic E-state index is 0.204. The van der Waals surface area contributed by atoms with Gasteiger partial charge >= 0.3 is 0 Å². The summed E-state index contributed by atoms with van der Waals surface area (Å²) in [6.07, 6.45) is 1.85. The molecule has 0 spiro atoms. The number of hydrogen-bond acceptors (Lipinski definition) is 4. The molecule has 6 aromatic rings. The first-order valence-electron chi connectivity index (χ1n) is 11.9. The highest BCUT2D eigenvalue weighted by atomic mass is 32.2. The van der Waals surface area contributed by atoms with Crippen LogP contribution >= 0.6 is 0 Å². The van der Waals surface area contributed by atoms with Crippen LogP contribution in [-0.2, 0) is 10.0 Å².